The summed E-state index contributed by atoms with van der Waals surface area (Å²) in [4.78, 5) is 10.2. The highest BCUT2D eigenvalue weighted by atomic mass is 35.5. The lowest BCUT2D eigenvalue weighted by atomic mass is 10.3. The van der Waals surface area contributed by atoms with Crippen molar-refractivity contribution in [2.45, 2.75) is 0 Å². The third-order valence-corrected chi connectivity index (χ3v) is 1.27. The molecule has 0 heterocycles. The topological polar surface area (TPSA) is 52.3 Å². The van der Waals surface area contributed by atoms with Crippen molar-refractivity contribution in [1.29, 1.82) is 0 Å². The molecular formula is C7H5ClFNO2. The highest BCUT2D eigenvalue weighted by Crippen LogP contribution is 2.19. The van der Waals surface area contributed by atoms with Crippen LogP contribution in [0.3, 0.4) is 0 Å². The second-order valence-electron chi connectivity index (χ2n) is 2.03. The SMILES string of the molecule is NC(=O)Oc1cc(F)cc(Cl)c1. The molecule has 0 spiro atoms. The number of carbonyl (C=O) groups is 1. The van der Waals surface area contributed by atoms with Gasteiger partial charge in [-0.2, -0.15) is 0 Å². The zero-order chi connectivity index (χ0) is 9.14. The van der Waals surface area contributed by atoms with Crippen molar-refractivity contribution in [2.24, 2.45) is 5.73 Å². The molecule has 0 radical (unpaired) electrons. The number of hydrogen-bond acceptors (Lipinski definition) is 2. The zero-order valence-corrected chi connectivity index (χ0v) is 6.64. The van der Waals surface area contributed by atoms with Crippen LogP contribution in [0.15, 0.2) is 18.2 Å². The summed E-state index contributed by atoms with van der Waals surface area (Å²) in [6.07, 6.45) is -1.00. The number of nitrogens with two attached hydrogens (primary N) is 1. The van der Waals surface area contributed by atoms with Gasteiger partial charge in [-0.15, -0.1) is 0 Å². The van der Waals surface area contributed by atoms with Gasteiger partial charge in [0.25, 0.3) is 0 Å². The lowest BCUT2D eigenvalue weighted by Gasteiger charge is -2.00. The third-order valence-electron chi connectivity index (χ3n) is 1.05. The van der Waals surface area contributed by atoms with Crippen molar-refractivity contribution >= 4 is 17.7 Å². The van der Waals surface area contributed by atoms with Gasteiger partial charge in [0.1, 0.15) is 11.6 Å². The first kappa shape index (κ1) is 8.80. The van der Waals surface area contributed by atoms with Crippen LogP contribution in [0.2, 0.25) is 5.02 Å². The smallest absolute Gasteiger partial charge is 0.409 e. The van der Waals surface area contributed by atoms with E-state index in [1.807, 2.05) is 0 Å². The fraction of sp³-hybridized carbons (Fsp3) is 0. The first-order valence-electron chi connectivity index (χ1n) is 3.01. The highest BCUT2D eigenvalue weighted by molar-refractivity contribution is 6.30. The van der Waals surface area contributed by atoms with Crippen LogP contribution in [-0.2, 0) is 0 Å². The van der Waals surface area contributed by atoms with E-state index in [9.17, 15) is 9.18 Å². The van der Waals surface area contributed by atoms with E-state index in [-0.39, 0.29) is 10.8 Å². The van der Waals surface area contributed by atoms with Gasteiger partial charge in [0.05, 0.1) is 0 Å². The van der Waals surface area contributed by atoms with Crippen molar-refractivity contribution in [3.63, 3.8) is 0 Å². The summed E-state index contributed by atoms with van der Waals surface area (Å²) in [6, 6.07) is 3.39. The molecule has 0 saturated carbocycles. The Morgan fingerprint density at radius 3 is 2.67 bits per heavy atom. The van der Waals surface area contributed by atoms with E-state index in [1.165, 1.54) is 6.07 Å². The van der Waals surface area contributed by atoms with E-state index in [2.05, 4.69) is 4.74 Å². The van der Waals surface area contributed by atoms with E-state index >= 15 is 0 Å². The Bertz CT molecular complexity index is 296. The Hall–Kier alpha value is -1.29. The maximum Gasteiger partial charge on any atom is 0.409 e. The number of ether oxygens (including phenoxy) is 1. The molecule has 1 rings (SSSR count). The van der Waals surface area contributed by atoms with Crippen molar-refractivity contribution in [2.75, 3.05) is 0 Å². The van der Waals surface area contributed by atoms with Crippen molar-refractivity contribution in [1.82, 2.24) is 0 Å². The lowest BCUT2D eigenvalue weighted by molar-refractivity contribution is 0.210. The van der Waals surface area contributed by atoms with Crippen molar-refractivity contribution in [3.8, 4) is 5.75 Å². The summed E-state index contributed by atoms with van der Waals surface area (Å²) in [6.45, 7) is 0. The summed E-state index contributed by atoms with van der Waals surface area (Å²) in [7, 11) is 0. The van der Waals surface area contributed by atoms with E-state index < -0.39 is 11.9 Å². The summed E-state index contributed by atoms with van der Waals surface area (Å²) in [5, 5.41) is 0.145. The standard InChI is InChI=1S/C7H5ClFNO2/c8-4-1-5(9)3-6(2-4)12-7(10)11/h1-3H,(H2,10,11). The minimum atomic E-state index is -1.00. The number of benzene rings is 1. The van der Waals surface area contributed by atoms with Gasteiger partial charge in [0.2, 0.25) is 0 Å². The van der Waals surface area contributed by atoms with Gasteiger partial charge in [-0.25, -0.2) is 9.18 Å². The molecule has 0 aromatic heterocycles. The highest BCUT2D eigenvalue weighted by Gasteiger charge is 2.02. The van der Waals surface area contributed by atoms with Crippen LogP contribution in [0.1, 0.15) is 0 Å². The van der Waals surface area contributed by atoms with Gasteiger partial charge in [-0.05, 0) is 12.1 Å². The fourth-order valence-electron chi connectivity index (χ4n) is 0.704. The molecule has 1 amide bonds. The minimum Gasteiger partial charge on any atom is -0.410 e. The van der Waals surface area contributed by atoms with Crippen LogP contribution in [0, 0.1) is 5.82 Å². The molecule has 5 heteroatoms. The predicted octanol–water partition coefficient (Wildman–Crippen LogP) is 1.94. The average Bonchev–Trinajstić information content (AvgIpc) is 1.81. The normalized spacial score (nSPS) is 9.50. The van der Waals surface area contributed by atoms with Crippen molar-refractivity contribution in [3.05, 3.63) is 29.0 Å². The number of halogens is 2. The zero-order valence-electron chi connectivity index (χ0n) is 5.88. The Balaban J connectivity index is 2.93. The average molecular weight is 190 g/mol. The molecule has 0 saturated heterocycles. The van der Waals surface area contributed by atoms with E-state index in [4.69, 9.17) is 17.3 Å². The summed E-state index contributed by atoms with van der Waals surface area (Å²) < 4.78 is 17.0. The molecule has 0 atom stereocenters. The number of amides is 1. The maximum absolute atomic E-state index is 12.6. The second kappa shape index (κ2) is 3.40. The van der Waals surface area contributed by atoms with Crippen LogP contribution in [0.5, 0.6) is 5.75 Å². The van der Waals surface area contributed by atoms with Gasteiger partial charge < -0.3 is 10.5 Å². The number of hydrogen-bond donors (Lipinski definition) is 1. The quantitative estimate of drug-likeness (QED) is 0.734. The Morgan fingerprint density at radius 2 is 2.17 bits per heavy atom. The van der Waals surface area contributed by atoms with Crippen LogP contribution in [0.25, 0.3) is 0 Å². The van der Waals surface area contributed by atoms with Crippen LogP contribution >= 0.6 is 11.6 Å². The Kier molecular flexibility index (Phi) is 2.50. The second-order valence-corrected chi connectivity index (χ2v) is 2.46. The number of primary amides is 1. The van der Waals surface area contributed by atoms with E-state index in [1.54, 1.807) is 0 Å². The van der Waals surface area contributed by atoms with Crippen LogP contribution in [-0.4, -0.2) is 6.09 Å². The van der Waals surface area contributed by atoms with Gasteiger partial charge in [0.15, 0.2) is 0 Å². The van der Waals surface area contributed by atoms with Crippen LogP contribution in [0.4, 0.5) is 9.18 Å². The molecule has 12 heavy (non-hydrogen) atoms. The Morgan fingerprint density at radius 1 is 1.50 bits per heavy atom. The fourth-order valence-corrected chi connectivity index (χ4v) is 0.915. The third kappa shape index (κ3) is 2.39. The molecule has 0 aliphatic heterocycles. The Labute approximate surface area is 72.9 Å². The first-order chi connectivity index (χ1) is 5.58. The van der Waals surface area contributed by atoms with Crippen LogP contribution < -0.4 is 10.5 Å². The largest absolute Gasteiger partial charge is 0.410 e. The summed E-state index contributed by atoms with van der Waals surface area (Å²) in [5.41, 5.74) is 4.70. The summed E-state index contributed by atoms with van der Waals surface area (Å²) in [5.74, 6) is -0.591. The molecule has 0 aliphatic rings. The predicted molar refractivity (Wildman–Crippen MR) is 41.6 cm³/mol. The molecule has 0 fully saturated rings. The summed E-state index contributed by atoms with van der Waals surface area (Å²) >= 11 is 5.46. The van der Waals surface area contributed by atoms with Gasteiger partial charge in [-0.1, -0.05) is 11.6 Å². The molecule has 1 aromatic carbocycles. The van der Waals surface area contributed by atoms with Gasteiger partial charge in [0, 0.05) is 11.1 Å². The number of rotatable bonds is 1. The molecule has 2 N–H and O–H groups in total. The molecule has 0 unspecified atom stereocenters. The molecule has 0 aliphatic carbocycles. The van der Waals surface area contributed by atoms with E-state index in [0.717, 1.165) is 12.1 Å². The molecule has 3 nitrogen and oxygen atoms in total. The number of carbonyl (C=O) groups excluding carboxylic acids is 1. The van der Waals surface area contributed by atoms with Crippen molar-refractivity contribution < 1.29 is 13.9 Å². The lowest BCUT2D eigenvalue weighted by Crippen LogP contribution is -2.16. The van der Waals surface area contributed by atoms with Gasteiger partial charge in [-0.3, -0.25) is 0 Å². The molecule has 64 valence electrons. The monoisotopic (exact) mass is 189 g/mol. The minimum absolute atomic E-state index is 0.00694. The molecule has 1 aromatic rings. The van der Waals surface area contributed by atoms with E-state index in [0.29, 0.717) is 0 Å². The molecule has 0 bridgehead atoms. The molecular weight excluding hydrogens is 185 g/mol. The first-order valence-corrected chi connectivity index (χ1v) is 3.39. The maximum atomic E-state index is 12.6. The van der Waals surface area contributed by atoms with Gasteiger partial charge >= 0.3 is 6.09 Å².